The number of aromatic nitrogens is 1. The number of hydrogen-bond acceptors (Lipinski definition) is 3. The maximum Gasteiger partial charge on any atom is 0.339 e. The Morgan fingerprint density at radius 1 is 1.30 bits per heavy atom. The zero-order valence-electron chi connectivity index (χ0n) is 11.3. The molecule has 1 aromatic heterocycles. The van der Waals surface area contributed by atoms with Crippen LogP contribution in [0.2, 0.25) is 5.15 Å². The monoisotopic (exact) mass is 290 g/mol. The number of halogens is 1. The molecule has 0 aliphatic rings. The molecule has 0 spiro atoms. The molecule has 0 aliphatic heterocycles. The lowest BCUT2D eigenvalue weighted by atomic mass is 10.1. The lowest BCUT2D eigenvalue weighted by Crippen LogP contribution is -2.21. The van der Waals surface area contributed by atoms with Crippen LogP contribution in [0.4, 0.5) is 5.82 Å². The fourth-order valence-electron chi connectivity index (χ4n) is 2.00. The summed E-state index contributed by atoms with van der Waals surface area (Å²) in [6, 6.07) is 10.9. The van der Waals surface area contributed by atoms with Crippen molar-refractivity contribution < 1.29 is 9.90 Å². The quantitative estimate of drug-likeness (QED) is 0.877. The number of anilines is 1. The summed E-state index contributed by atoms with van der Waals surface area (Å²) < 4.78 is 0. The fraction of sp³-hybridized carbons (Fsp3) is 0.200. The Labute approximate surface area is 122 Å². The molecule has 4 nitrogen and oxygen atoms in total. The highest BCUT2D eigenvalue weighted by Gasteiger charge is 2.16. The van der Waals surface area contributed by atoms with Crippen LogP contribution in [0.1, 0.15) is 21.5 Å². The van der Waals surface area contributed by atoms with Crippen LogP contribution in [0.25, 0.3) is 0 Å². The summed E-state index contributed by atoms with van der Waals surface area (Å²) in [5.41, 5.74) is 2.41. The van der Waals surface area contributed by atoms with E-state index < -0.39 is 5.97 Å². The van der Waals surface area contributed by atoms with Crippen molar-refractivity contribution in [3.8, 4) is 0 Å². The van der Waals surface area contributed by atoms with E-state index in [-0.39, 0.29) is 10.7 Å². The minimum absolute atomic E-state index is 0.144. The van der Waals surface area contributed by atoms with Crippen molar-refractivity contribution in [2.45, 2.75) is 13.5 Å². The molecule has 0 unspecified atom stereocenters. The number of carboxylic acid groups (broad SMARTS) is 1. The second kappa shape index (κ2) is 5.92. The Morgan fingerprint density at radius 3 is 2.65 bits per heavy atom. The standard InChI is InChI=1S/C15H15ClN2O2/c1-10-5-3-4-6-11(10)9-18(2)14-12(15(19)20)7-8-13(16)17-14/h3-8H,9H2,1-2H3,(H,19,20). The van der Waals surface area contributed by atoms with Gasteiger partial charge in [0.25, 0.3) is 0 Å². The number of benzene rings is 1. The Kier molecular flexibility index (Phi) is 4.25. The van der Waals surface area contributed by atoms with Crippen molar-refractivity contribution in [1.29, 1.82) is 0 Å². The molecule has 0 amide bonds. The molecule has 0 bridgehead atoms. The third kappa shape index (κ3) is 3.08. The zero-order valence-corrected chi connectivity index (χ0v) is 12.1. The largest absolute Gasteiger partial charge is 0.478 e. The first-order chi connectivity index (χ1) is 9.49. The summed E-state index contributed by atoms with van der Waals surface area (Å²) in [7, 11) is 1.80. The average molecular weight is 291 g/mol. The maximum atomic E-state index is 11.2. The lowest BCUT2D eigenvalue weighted by molar-refractivity contribution is 0.0697. The number of aryl methyl sites for hydroxylation is 1. The molecule has 0 radical (unpaired) electrons. The van der Waals surface area contributed by atoms with Crippen molar-refractivity contribution >= 4 is 23.4 Å². The van der Waals surface area contributed by atoms with Gasteiger partial charge in [0.1, 0.15) is 16.5 Å². The van der Waals surface area contributed by atoms with Crippen molar-refractivity contribution in [2.24, 2.45) is 0 Å². The molecule has 1 heterocycles. The first-order valence-corrected chi connectivity index (χ1v) is 6.52. The summed E-state index contributed by atoms with van der Waals surface area (Å²) in [6.45, 7) is 2.59. The lowest BCUT2D eigenvalue weighted by Gasteiger charge is -2.21. The van der Waals surface area contributed by atoms with Crippen LogP contribution in [-0.4, -0.2) is 23.1 Å². The number of rotatable bonds is 4. The highest BCUT2D eigenvalue weighted by Crippen LogP contribution is 2.22. The fourth-order valence-corrected chi connectivity index (χ4v) is 2.14. The molecule has 0 saturated heterocycles. The zero-order chi connectivity index (χ0) is 14.7. The van der Waals surface area contributed by atoms with Gasteiger partial charge in [-0.25, -0.2) is 9.78 Å². The predicted molar refractivity (Wildman–Crippen MR) is 79.5 cm³/mol. The molecule has 20 heavy (non-hydrogen) atoms. The molecular formula is C15H15ClN2O2. The minimum atomic E-state index is -1.01. The van der Waals surface area contributed by atoms with Crippen molar-refractivity contribution in [1.82, 2.24) is 4.98 Å². The SMILES string of the molecule is Cc1ccccc1CN(C)c1nc(Cl)ccc1C(=O)O. The van der Waals surface area contributed by atoms with Gasteiger partial charge >= 0.3 is 5.97 Å². The highest BCUT2D eigenvalue weighted by molar-refractivity contribution is 6.29. The van der Waals surface area contributed by atoms with Crippen LogP contribution >= 0.6 is 11.6 Å². The Hall–Kier alpha value is -2.07. The van der Waals surface area contributed by atoms with Gasteiger partial charge in [-0.1, -0.05) is 35.9 Å². The molecule has 2 aromatic rings. The first kappa shape index (κ1) is 14.3. The highest BCUT2D eigenvalue weighted by atomic mass is 35.5. The number of carbonyl (C=O) groups is 1. The Bertz CT molecular complexity index is 644. The minimum Gasteiger partial charge on any atom is -0.478 e. The predicted octanol–water partition coefficient (Wildman–Crippen LogP) is 3.38. The number of carboxylic acids is 1. The van der Waals surface area contributed by atoms with E-state index in [1.807, 2.05) is 31.2 Å². The van der Waals surface area contributed by atoms with Crippen LogP contribution in [0.3, 0.4) is 0 Å². The van der Waals surface area contributed by atoms with E-state index in [0.29, 0.717) is 12.4 Å². The maximum absolute atomic E-state index is 11.2. The van der Waals surface area contributed by atoms with Crippen molar-refractivity contribution in [3.05, 3.63) is 58.2 Å². The van der Waals surface area contributed by atoms with Gasteiger partial charge in [0.05, 0.1) is 0 Å². The van der Waals surface area contributed by atoms with Crippen LogP contribution in [0, 0.1) is 6.92 Å². The van der Waals surface area contributed by atoms with E-state index >= 15 is 0 Å². The number of aromatic carboxylic acids is 1. The summed E-state index contributed by atoms with van der Waals surface area (Å²) >= 11 is 5.87. The van der Waals surface area contributed by atoms with Crippen LogP contribution < -0.4 is 4.90 Å². The van der Waals surface area contributed by atoms with E-state index in [4.69, 9.17) is 11.6 Å². The number of hydrogen-bond donors (Lipinski definition) is 1. The summed E-state index contributed by atoms with van der Waals surface area (Å²) in [6.07, 6.45) is 0. The third-order valence-electron chi connectivity index (χ3n) is 3.10. The van der Waals surface area contributed by atoms with Gasteiger partial charge in [-0.3, -0.25) is 0 Å². The second-order valence-corrected chi connectivity index (χ2v) is 4.98. The van der Waals surface area contributed by atoms with Gasteiger partial charge in [-0.15, -0.1) is 0 Å². The molecule has 0 aliphatic carbocycles. The van der Waals surface area contributed by atoms with Gasteiger partial charge in [-0.05, 0) is 30.2 Å². The van der Waals surface area contributed by atoms with Crippen molar-refractivity contribution in [3.63, 3.8) is 0 Å². The summed E-state index contributed by atoms with van der Waals surface area (Å²) in [4.78, 5) is 17.2. The van der Waals surface area contributed by atoms with Gasteiger partial charge in [-0.2, -0.15) is 0 Å². The molecule has 104 valence electrons. The van der Waals surface area contributed by atoms with E-state index in [1.54, 1.807) is 11.9 Å². The van der Waals surface area contributed by atoms with Crippen LogP contribution in [-0.2, 0) is 6.54 Å². The Morgan fingerprint density at radius 2 is 2.00 bits per heavy atom. The van der Waals surface area contributed by atoms with E-state index in [2.05, 4.69) is 4.98 Å². The van der Waals surface area contributed by atoms with Gasteiger partial charge in [0.15, 0.2) is 0 Å². The number of nitrogens with zero attached hydrogens (tertiary/aromatic N) is 2. The second-order valence-electron chi connectivity index (χ2n) is 4.59. The normalized spacial score (nSPS) is 10.3. The third-order valence-corrected chi connectivity index (χ3v) is 3.31. The molecule has 0 fully saturated rings. The summed E-state index contributed by atoms with van der Waals surface area (Å²) in [5.74, 6) is -0.644. The van der Waals surface area contributed by atoms with E-state index in [0.717, 1.165) is 11.1 Å². The molecule has 5 heteroatoms. The van der Waals surface area contributed by atoms with Crippen LogP contribution in [0.5, 0.6) is 0 Å². The van der Waals surface area contributed by atoms with E-state index in [1.165, 1.54) is 12.1 Å². The topological polar surface area (TPSA) is 53.4 Å². The van der Waals surface area contributed by atoms with Gasteiger partial charge in [0, 0.05) is 13.6 Å². The van der Waals surface area contributed by atoms with Crippen molar-refractivity contribution in [2.75, 3.05) is 11.9 Å². The molecular weight excluding hydrogens is 276 g/mol. The molecule has 2 rings (SSSR count). The summed E-state index contributed by atoms with van der Waals surface area (Å²) in [5, 5.41) is 9.50. The Balaban J connectivity index is 2.34. The molecule has 0 saturated carbocycles. The smallest absolute Gasteiger partial charge is 0.339 e. The molecule has 1 aromatic carbocycles. The molecule has 0 atom stereocenters. The number of pyridine rings is 1. The van der Waals surface area contributed by atoms with Crippen LogP contribution in [0.15, 0.2) is 36.4 Å². The van der Waals surface area contributed by atoms with Gasteiger partial charge < -0.3 is 10.0 Å². The molecule has 1 N–H and O–H groups in total. The average Bonchev–Trinajstić information content (AvgIpc) is 2.40. The van der Waals surface area contributed by atoms with Gasteiger partial charge in [0.2, 0.25) is 0 Å². The first-order valence-electron chi connectivity index (χ1n) is 6.14. The van der Waals surface area contributed by atoms with E-state index in [9.17, 15) is 9.90 Å².